The molecule has 2 rings (SSSR count). The van der Waals surface area contributed by atoms with E-state index < -0.39 is 0 Å². The summed E-state index contributed by atoms with van der Waals surface area (Å²) in [5.74, 6) is 0.708. The lowest BCUT2D eigenvalue weighted by molar-refractivity contribution is -0.730. The molecule has 2 aromatic rings. The molecule has 1 heterocycles. The van der Waals surface area contributed by atoms with Crippen molar-refractivity contribution in [3.63, 3.8) is 0 Å². The molecule has 0 aliphatic carbocycles. The quantitative estimate of drug-likeness (QED) is 0.131. The van der Waals surface area contributed by atoms with Gasteiger partial charge in [-0.05, 0) is 31.2 Å². The highest BCUT2D eigenvalue weighted by molar-refractivity contribution is 5.15. The molecule has 2 heteroatoms. The first-order valence-corrected chi connectivity index (χ1v) is 14.9. The van der Waals surface area contributed by atoms with Gasteiger partial charge in [0.1, 0.15) is 18.4 Å². The Morgan fingerprint density at radius 1 is 0.647 bits per heavy atom. The maximum Gasteiger partial charge on any atom is 0.241 e. The molecule has 0 saturated carbocycles. The van der Waals surface area contributed by atoms with E-state index >= 15 is 0 Å². The Labute approximate surface area is 212 Å². The van der Waals surface area contributed by atoms with E-state index in [2.05, 4.69) is 72.5 Å². The van der Waals surface area contributed by atoms with Crippen molar-refractivity contribution in [1.29, 1.82) is 0 Å². The van der Waals surface area contributed by atoms with E-state index in [1.807, 2.05) is 0 Å². The van der Waals surface area contributed by atoms with Crippen molar-refractivity contribution < 1.29 is 4.57 Å². The number of hydrogen-bond donors (Lipinski definition) is 1. The summed E-state index contributed by atoms with van der Waals surface area (Å²) in [7, 11) is 0. The summed E-state index contributed by atoms with van der Waals surface area (Å²) in [5.41, 5.74) is 1.48. The lowest BCUT2D eigenvalue weighted by Crippen LogP contribution is -2.42. The Kier molecular flexibility index (Phi) is 16.6. The van der Waals surface area contributed by atoms with Gasteiger partial charge >= 0.3 is 0 Å². The molecule has 0 radical (unpaired) electrons. The van der Waals surface area contributed by atoms with Crippen molar-refractivity contribution in [1.82, 2.24) is 4.98 Å². The molecule has 0 amide bonds. The van der Waals surface area contributed by atoms with E-state index in [9.17, 15) is 0 Å². The molecule has 1 aromatic carbocycles. The van der Waals surface area contributed by atoms with Gasteiger partial charge in [0.15, 0.2) is 0 Å². The Balaban J connectivity index is 1.59. The van der Waals surface area contributed by atoms with Gasteiger partial charge in [0.05, 0.1) is 0 Å². The minimum Gasteiger partial charge on any atom is -0.250 e. The van der Waals surface area contributed by atoms with E-state index in [0.29, 0.717) is 12.0 Å². The van der Waals surface area contributed by atoms with Crippen molar-refractivity contribution in [2.75, 3.05) is 0 Å². The van der Waals surface area contributed by atoms with Gasteiger partial charge in [-0.2, -0.15) is 0 Å². The van der Waals surface area contributed by atoms with Gasteiger partial charge in [-0.3, -0.25) is 4.98 Å². The number of H-pyrrole nitrogens is 1. The van der Waals surface area contributed by atoms with Crippen LogP contribution in [-0.2, 0) is 6.42 Å². The van der Waals surface area contributed by atoms with Gasteiger partial charge in [0, 0.05) is 5.92 Å². The number of nitrogens with zero attached hydrogens (tertiary/aromatic N) is 1. The predicted octanol–water partition coefficient (Wildman–Crippen LogP) is 9.76. The molecule has 0 spiro atoms. The van der Waals surface area contributed by atoms with Crippen LogP contribution in [0.15, 0.2) is 49.1 Å². The van der Waals surface area contributed by atoms with E-state index in [4.69, 9.17) is 0 Å². The summed E-state index contributed by atoms with van der Waals surface area (Å²) in [6.45, 7) is 4.64. The largest absolute Gasteiger partial charge is 0.250 e. The van der Waals surface area contributed by atoms with Gasteiger partial charge in [0.25, 0.3) is 0 Å². The highest BCUT2D eigenvalue weighted by Gasteiger charge is 2.26. The summed E-state index contributed by atoms with van der Waals surface area (Å²) in [4.78, 5) is 3.29. The first kappa shape index (κ1) is 28.7. The Morgan fingerprint density at radius 3 is 1.71 bits per heavy atom. The van der Waals surface area contributed by atoms with Crippen LogP contribution in [0.4, 0.5) is 0 Å². The van der Waals surface area contributed by atoms with Crippen molar-refractivity contribution >= 4 is 0 Å². The number of benzene rings is 1. The first-order valence-electron chi connectivity index (χ1n) is 14.9. The lowest BCUT2D eigenvalue weighted by Gasteiger charge is -2.25. The average molecular weight is 468 g/mol. The summed E-state index contributed by atoms with van der Waals surface area (Å²) < 4.78 is 2.45. The molecular weight excluding hydrogens is 412 g/mol. The van der Waals surface area contributed by atoms with Crippen LogP contribution in [0.5, 0.6) is 0 Å². The van der Waals surface area contributed by atoms with Crippen LogP contribution in [0.25, 0.3) is 0 Å². The standard InChI is InChI=1S/C32H54N2/c1-3-5-6-7-8-9-10-11-12-13-14-15-16-17-21-25-32(34-27-26-33-29-34)31(22-4-2)28-30-23-19-18-20-24-30/h18-20,23-24,26-27,29,31-32H,3-17,21-22,25,28H2,1-2H3/p+1. The molecule has 1 aromatic heterocycles. The number of nitrogens with one attached hydrogen (secondary N) is 1. The van der Waals surface area contributed by atoms with Crippen LogP contribution < -0.4 is 4.57 Å². The molecular formula is C32H55N2+. The third-order valence-corrected chi connectivity index (χ3v) is 7.60. The molecule has 1 N–H and O–H groups in total. The maximum absolute atomic E-state index is 3.29. The van der Waals surface area contributed by atoms with E-state index in [-0.39, 0.29) is 0 Å². The second-order valence-corrected chi connectivity index (χ2v) is 10.6. The van der Waals surface area contributed by atoms with E-state index in [1.165, 1.54) is 128 Å². The van der Waals surface area contributed by atoms with Crippen LogP contribution in [0.1, 0.15) is 141 Å². The molecule has 0 aliphatic heterocycles. The van der Waals surface area contributed by atoms with Crippen LogP contribution >= 0.6 is 0 Å². The maximum atomic E-state index is 3.29. The monoisotopic (exact) mass is 467 g/mol. The molecule has 2 atom stereocenters. The van der Waals surface area contributed by atoms with Crippen LogP contribution in [0, 0.1) is 5.92 Å². The van der Waals surface area contributed by atoms with Crippen molar-refractivity contribution in [3.05, 3.63) is 54.6 Å². The third-order valence-electron chi connectivity index (χ3n) is 7.60. The molecule has 2 unspecified atom stereocenters. The highest BCUT2D eigenvalue weighted by atomic mass is 15.1. The van der Waals surface area contributed by atoms with Crippen LogP contribution in [-0.4, -0.2) is 4.98 Å². The molecule has 0 fully saturated rings. The number of aromatic nitrogens is 2. The smallest absolute Gasteiger partial charge is 0.241 e. The summed E-state index contributed by atoms with van der Waals surface area (Å²) in [6.07, 6.45) is 33.1. The van der Waals surface area contributed by atoms with E-state index in [1.54, 1.807) is 0 Å². The van der Waals surface area contributed by atoms with Crippen LogP contribution in [0.3, 0.4) is 0 Å². The third kappa shape index (κ3) is 12.8. The summed E-state index contributed by atoms with van der Waals surface area (Å²) in [6, 6.07) is 11.7. The van der Waals surface area contributed by atoms with Crippen molar-refractivity contribution in [2.45, 2.75) is 142 Å². The number of unbranched alkanes of at least 4 members (excludes halogenated alkanes) is 14. The molecule has 0 saturated heterocycles. The zero-order valence-electron chi connectivity index (χ0n) is 22.7. The Hall–Kier alpha value is -1.57. The Bertz CT molecular complexity index is 664. The molecule has 2 nitrogen and oxygen atoms in total. The van der Waals surface area contributed by atoms with Gasteiger partial charge in [-0.1, -0.05) is 140 Å². The fourth-order valence-corrected chi connectivity index (χ4v) is 5.58. The number of imidazole rings is 1. The number of aromatic amines is 1. The van der Waals surface area contributed by atoms with Crippen molar-refractivity contribution in [3.8, 4) is 0 Å². The SMILES string of the molecule is CCCCCCCCCCCCCCCCCC(C(CCC)Cc1ccccc1)[n+]1cc[nH]c1. The Morgan fingerprint density at radius 2 is 1.21 bits per heavy atom. The normalized spacial score (nSPS) is 13.2. The second-order valence-electron chi connectivity index (χ2n) is 10.6. The summed E-state index contributed by atoms with van der Waals surface area (Å²) in [5, 5.41) is 0. The fraction of sp³-hybridized carbons (Fsp3) is 0.719. The van der Waals surface area contributed by atoms with Gasteiger partial charge < -0.3 is 0 Å². The molecule has 0 bridgehead atoms. The predicted molar refractivity (Wildman–Crippen MR) is 148 cm³/mol. The summed E-state index contributed by atoms with van der Waals surface area (Å²) >= 11 is 0. The first-order chi connectivity index (χ1) is 16.8. The minimum absolute atomic E-state index is 0.605. The molecule has 34 heavy (non-hydrogen) atoms. The van der Waals surface area contributed by atoms with Gasteiger partial charge in [-0.15, -0.1) is 0 Å². The number of rotatable bonds is 22. The van der Waals surface area contributed by atoms with Crippen molar-refractivity contribution in [2.24, 2.45) is 5.92 Å². The molecule has 0 aliphatic rings. The fourth-order valence-electron chi connectivity index (χ4n) is 5.58. The zero-order valence-corrected chi connectivity index (χ0v) is 22.7. The molecule has 192 valence electrons. The van der Waals surface area contributed by atoms with Crippen LogP contribution in [0.2, 0.25) is 0 Å². The lowest BCUT2D eigenvalue weighted by atomic mass is 9.85. The zero-order chi connectivity index (χ0) is 24.1. The second kappa shape index (κ2) is 19.7. The van der Waals surface area contributed by atoms with Gasteiger partial charge in [-0.25, -0.2) is 4.57 Å². The average Bonchev–Trinajstić information content (AvgIpc) is 3.39. The van der Waals surface area contributed by atoms with E-state index in [0.717, 1.165) is 0 Å². The minimum atomic E-state index is 0.605. The number of hydrogen-bond acceptors (Lipinski definition) is 0. The van der Waals surface area contributed by atoms with Gasteiger partial charge in [0.2, 0.25) is 6.33 Å². The topological polar surface area (TPSA) is 19.7 Å². The highest BCUT2D eigenvalue weighted by Crippen LogP contribution is 2.28.